The van der Waals surface area contributed by atoms with Gasteiger partial charge in [-0.05, 0) is 23.8 Å². The molecule has 3 rings (SSSR count). The highest BCUT2D eigenvalue weighted by Gasteiger charge is 2.21. The van der Waals surface area contributed by atoms with Crippen molar-refractivity contribution in [1.82, 2.24) is 15.2 Å². The molecule has 1 aliphatic rings. The van der Waals surface area contributed by atoms with Gasteiger partial charge in [-0.3, -0.25) is 9.69 Å². The van der Waals surface area contributed by atoms with E-state index >= 15 is 0 Å². The Kier molecular flexibility index (Phi) is 9.18. The summed E-state index contributed by atoms with van der Waals surface area (Å²) in [5.74, 6) is -0.898. The number of aliphatic carboxylic acids is 1. The molecular weight excluding hydrogens is 481 g/mol. The van der Waals surface area contributed by atoms with Crippen LogP contribution in [0.1, 0.15) is 11.3 Å². The molecule has 0 aliphatic carbocycles. The number of carbonyl (C=O) groups is 2. The molecule has 1 unspecified atom stereocenters. The van der Waals surface area contributed by atoms with Gasteiger partial charge in [-0.25, -0.2) is 9.78 Å². The normalized spacial score (nSPS) is 17.2. The maximum atomic E-state index is 12.2. The van der Waals surface area contributed by atoms with E-state index in [0.29, 0.717) is 39.8 Å². The van der Waals surface area contributed by atoms with Gasteiger partial charge in [0.15, 0.2) is 4.34 Å². The number of nitrogens with zero attached hydrogens (tertiary/aromatic N) is 2. The predicted molar refractivity (Wildman–Crippen MR) is 124 cm³/mol. The number of hydrogen-bond acceptors (Lipinski definition) is 7. The van der Waals surface area contributed by atoms with Gasteiger partial charge < -0.3 is 15.2 Å². The van der Waals surface area contributed by atoms with E-state index in [1.807, 2.05) is 12.1 Å². The van der Waals surface area contributed by atoms with Crippen LogP contribution < -0.4 is 5.32 Å². The van der Waals surface area contributed by atoms with Gasteiger partial charge >= 0.3 is 5.97 Å². The number of hydrogen-bond donors (Lipinski definition) is 2. The van der Waals surface area contributed by atoms with Crippen molar-refractivity contribution in [3.8, 4) is 0 Å². The van der Waals surface area contributed by atoms with Gasteiger partial charge in [0.05, 0.1) is 34.2 Å². The summed E-state index contributed by atoms with van der Waals surface area (Å²) in [7, 11) is 0. The summed E-state index contributed by atoms with van der Waals surface area (Å²) < 4.78 is 6.49. The first-order chi connectivity index (χ1) is 14.9. The molecule has 2 N–H and O–H groups in total. The Morgan fingerprint density at radius 3 is 3.00 bits per heavy atom. The average Bonchev–Trinajstić information content (AvgIpc) is 3.20. The third-order valence-corrected chi connectivity index (χ3v) is 7.14. The van der Waals surface area contributed by atoms with Crippen molar-refractivity contribution in [2.45, 2.75) is 17.0 Å². The summed E-state index contributed by atoms with van der Waals surface area (Å²) in [4.78, 5) is 29.2. The highest BCUT2D eigenvalue weighted by molar-refractivity contribution is 8.01. The number of morpholine rings is 1. The molecule has 1 atom stereocenters. The lowest BCUT2D eigenvalue weighted by atomic mass is 10.2. The van der Waals surface area contributed by atoms with E-state index in [1.165, 1.54) is 29.2 Å². The van der Waals surface area contributed by atoms with Crippen molar-refractivity contribution in [3.63, 3.8) is 0 Å². The van der Waals surface area contributed by atoms with Gasteiger partial charge in [-0.1, -0.05) is 41.0 Å². The molecule has 0 radical (unpaired) electrons. The van der Waals surface area contributed by atoms with Crippen LogP contribution in [0.4, 0.5) is 0 Å². The Hall–Kier alpha value is -1.62. The van der Waals surface area contributed by atoms with Crippen molar-refractivity contribution in [3.05, 3.63) is 51.0 Å². The average molecular weight is 502 g/mol. The van der Waals surface area contributed by atoms with Crippen molar-refractivity contribution in [2.24, 2.45) is 0 Å². The fraction of sp³-hybridized carbons (Fsp3) is 0.350. The van der Waals surface area contributed by atoms with Crippen molar-refractivity contribution >= 4 is 64.3 Å². The van der Waals surface area contributed by atoms with E-state index in [-0.39, 0.29) is 17.8 Å². The van der Waals surface area contributed by atoms with Crippen LogP contribution in [0, 0.1) is 0 Å². The van der Waals surface area contributed by atoms with Crippen molar-refractivity contribution in [2.75, 3.05) is 32.0 Å². The van der Waals surface area contributed by atoms with Crippen LogP contribution >= 0.6 is 46.3 Å². The first kappa shape index (κ1) is 24.0. The van der Waals surface area contributed by atoms with E-state index in [2.05, 4.69) is 15.2 Å². The van der Waals surface area contributed by atoms with Crippen molar-refractivity contribution in [1.29, 1.82) is 0 Å². The Balaban J connectivity index is 1.39. The topological polar surface area (TPSA) is 91.8 Å². The number of aromatic nitrogens is 1. The lowest BCUT2D eigenvalue weighted by Gasteiger charge is -2.33. The number of nitrogens with one attached hydrogen (secondary N) is 1. The molecule has 2 heterocycles. The minimum atomic E-state index is -1.03. The largest absolute Gasteiger partial charge is 0.478 e. The second-order valence-corrected chi connectivity index (χ2v) is 9.67. The maximum Gasteiger partial charge on any atom is 0.328 e. The lowest BCUT2D eigenvalue weighted by Crippen LogP contribution is -2.47. The summed E-state index contributed by atoms with van der Waals surface area (Å²) in [6.45, 7) is 3.29. The van der Waals surface area contributed by atoms with Crippen LogP contribution in [0.15, 0.2) is 34.0 Å². The molecule has 7 nitrogen and oxygen atoms in total. The molecule has 1 aliphatic heterocycles. The second-order valence-electron chi connectivity index (χ2n) is 6.78. The van der Waals surface area contributed by atoms with Crippen LogP contribution in [-0.4, -0.2) is 65.0 Å². The van der Waals surface area contributed by atoms with Gasteiger partial charge in [0.2, 0.25) is 5.91 Å². The van der Waals surface area contributed by atoms with Crippen LogP contribution in [0.3, 0.4) is 0 Å². The van der Waals surface area contributed by atoms with Crippen LogP contribution in [0.25, 0.3) is 6.08 Å². The Bertz CT molecular complexity index is 954. The number of ether oxygens (including phenoxy) is 1. The maximum absolute atomic E-state index is 12.2. The molecule has 1 saturated heterocycles. The highest BCUT2D eigenvalue weighted by atomic mass is 35.5. The Morgan fingerprint density at radius 1 is 1.39 bits per heavy atom. The van der Waals surface area contributed by atoms with Crippen LogP contribution in [0.5, 0.6) is 0 Å². The molecule has 1 amide bonds. The number of benzene rings is 1. The number of thiazole rings is 1. The second kappa shape index (κ2) is 11.8. The lowest BCUT2D eigenvalue weighted by molar-refractivity contribution is -0.131. The quantitative estimate of drug-likeness (QED) is 0.400. The smallest absolute Gasteiger partial charge is 0.328 e. The number of halogens is 2. The van der Waals surface area contributed by atoms with E-state index in [0.717, 1.165) is 24.7 Å². The Morgan fingerprint density at radius 2 is 2.23 bits per heavy atom. The fourth-order valence-corrected chi connectivity index (χ4v) is 4.87. The van der Waals surface area contributed by atoms with Gasteiger partial charge in [0.25, 0.3) is 0 Å². The zero-order valence-corrected chi connectivity index (χ0v) is 19.6. The Labute approximate surface area is 198 Å². The summed E-state index contributed by atoms with van der Waals surface area (Å²) in [5, 5.41) is 14.4. The van der Waals surface area contributed by atoms with Gasteiger partial charge in [-0.2, -0.15) is 0 Å². The molecule has 0 saturated carbocycles. The third-order valence-electron chi connectivity index (χ3n) is 4.36. The third kappa shape index (κ3) is 8.10. The SMILES string of the molecule is O=C(O)/C=C/c1csc(SCC(=O)NCC2CN(Cc3ccc(Cl)c(Cl)c3)CCO2)n1. The zero-order valence-electron chi connectivity index (χ0n) is 16.4. The number of carbonyl (C=O) groups excluding carboxylic acids is 1. The molecule has 166 valence electrons. The summed E-state index contributed by atoms with van der Waals surface area (Å²) in [5.41, 5.74) is 1.64. The number of rotatable bonds is 9. The predicted octanol–water partition coefficient (Wildman–Crippen LogP) is 3.66. The first-order valence-corrected chi connectivity index (χ1v) is 12.0. The molecule has 1 aromatic heterocycles. The van der Waals surface area contributed by atoms with Gasteiger partial charge in [0, 0.05) is 37.6 Å². The van der Waals surface area contributed by atoms with Gasteiger partial charge in [0.1, 0.15) is 0 Å². The molecule has 31 heavy (non-hydrogen) atoms. The molecular formula is C20H21Cl2N3O4S2. The number of thioether (sulfide) groups is 1. The molecule has 2 aromatic rings. The van der Waals surface area contributed by atoms with E-state index in [4.69, 9.17) is 33.0 Å². The molecule has 0 spiro atoms. The minimum absolute atomic E-state index is 0.0851. The standard InChI is InChI=1S/C20H21Cl2N3O4S2/c21-16-3-1-13(7-17(16)22)9-25-5-6-29-15(10-25)8-23-18(26)12-31-20-24-14(11-30-20)2-4-19(27)28/h1-4,7,11,15H,5-6,8-10,12H2,(H,23,26)(H,27,28)/b4-2+. The molecule has 11 heteroatoms. The monoisotopic (exact) mass is 501 g/mol. The summed E-state index contributed by atoms with van der Waals surface area (Å²) in [6, 6.07) is 5.62. The van der Waals surface area contributed by atoms with E-state index in [9.17, 15) is 9.59 Å². The molecule has 1 fully saturated rings. The van der Waals surface area contributed by atoms with Crippen LogP contribution in [-0.2, 0) is 20.9 Å². The number of amides is 1. The molecule has 0 bridgehead atoms. The minimum Gasteiger partial charge on any atom is -0.478 e. The molecule has 1 aromatic carbocycles. The van der Waals surface area contributed by atoms with Crippen LogP contribution in [0.2, 0.25) is 10.0 Å². The number of carboxylic acid groups (broad SMARTS) is 1. The summed E-state index contributed by atoms with van der Waals surface area (Å²) in [6.07, 6.45) is 2.37. The zero-order chi connectivity index (χ0) is 22.2. The van der Waals surface area contributed by atoms with E-state index < -0.39 is 5.97 Å². The van der Waals surface area contributed by atoms with Gasteiger partial charge in [-0.15, -0.1) is 11.3 Å². The number of carboxylic acids is 1. The van der Waals surface area contributed by atoms with E-state index in [1.54, 1.807) is 11.4 Å². The summed E-state index contributed by atoms with van der Waals surface area (Å²) >= 11 is 14.8. The van der Waals surface area contributed by atoms with Crippen molar-refractivity contribution < 1.29 is 19.4 Å². The fourth-order valence-electron chi connectivity index (χ4n) is 2.92. The first-order valence-electron chi connectivity index (χ1n) is 9.43. The highest BCUT2D eigenvalue weighted by Crippen LogP contribution is 2.24.